The zero-order valence-electron chi connectivity index (χ0n) is 13.4. The van der Waals surface area contributed by atoms with Crippen molar-refractivity contribution < 1.29 is 13.2 Å². The molecule has 0 aromatic rings. The van der Waals surface area contributed by atoms with Crippen LogP contribution in [-0.2, 0) is 14.8 Å². The minimum absolute atomic E-state index is 0.0167. The number of amides is 1. The van der Waals surface area contributed by atoms with Crippen molar-refractivity contribution in [3.8, 4) is 0 Å². The van der Waals surface area contributed by atoms with Gasteiger partial charge in [0.2, 0.25) is 15.9 Å². The van der Waals surface area contributed by atoms with Crippen molar-refractivity contribution >= 4 is 27.7 Å². The van der Waals surface area contributed by atoms with Crippen LogP contribution in [0.5, 0.6) is 0 Å². The summed E-state index contributed by atoms with van der Waals surface area (Å²) in [6, 6.07) is 0. The highest BCUT2D eigenvalue weighted by atomic mass is 32.2. The Kier molecular flexibility index (Phi) is 7.02. The second kappa shape index (κ2) is 8.55. The first-order valence-corrected chi connectivity index (χ1v) is 11.1. The molecule has 128 valence electrons. The van der Waals surface area contributed by atoms with Crippen molar-refractivity contribution in [2.45, 2.75) is 50.7 Å². The molecule has 1 saturated heterocycles. The number of carbonyl (C=O) groups excluding carboxylic acids is 1. The summed E-state index contributed by atoms with van der Waals surface area (Å²) in [5, 5.41) is 3.76. The van der Waals surface area contributed by atoms with Crippen LogP contribution in [0.25, 0.3) is 0 Å². The summed E-state index contributed by atoms with van der Waals surface area (Å²) in [7, 11) is -3.17. The van der Waals surface area contributed by atoms with Crippen LogP contribution < -0.4 is 5.32 Å². The van der Waals surface area contributed by atoms with Crippen LogP contribution in [0.4, 0.5) is 0 Å². The molecular weight excluding hydrogens is 320 g/mol. The Morgan fingerprint density at radius 3 is 2.64 bits per heavy atom. The molecule has 0 radical (unpaired) electrons. The molecule has 0 bridgehead atoms. The van der Waals surface area contributed by atoms with Crippen molar-refractivity contribution in [2.75, 3.05) is 31.1 Å². The fourth-order valence-corrected chi connectivity index (χ4v) is 5.59. The maximum atomic E-state index is 12.2. The number of carbonyl (C=O) groups is 1. The Morgan fingerprint density at radius 1 is 1.23 bits per heavy atom. The minimum atomic E-state index is -3.17. The van der Waals surface area contributed by atoms with Gasteiger partial charge in [-0.15, -0.1) is 0 Å². The third-order valence-corrected chi connectivity index (χ3v) is 7.80. The van der Waals surface area contributed by atoms with Crippen molar-refractivity contribution in [3.05, 3.63) is 0 Å². The normalized spacial score (nSPS) is 24.5. The number of hydrogen-bond donors (Lipinski definition) is 1. The molecule has 5 nitrogen and oxygen atoms in total. The van der Waals surface area contributed by atoms with E-state index in [1.165, 1.54) is 30.0 Å². The Bertz CT molecular complexity index is 461. The number of thioether (sulfide) groups is 1. The molecule has 0 aromatic heterocycles. The first-order chi connectivity index (χ1) is 10.5. The van der Waals surface area contributed by atoms with E-state index < -0.39 is 10.0 Å². The maximum Gasteiger partial charge on any atom is 0.224 e. The zero-order valence-corrected chi connectivity index (χ0v) is 15.1. The Balaban J connectivity index is 1.70. The van der Waals surface area contributed by atoms with Crippen LogP contribution in [-0.4, -0.2) is 55.0 Å². The van der Waals surface area contributed by atoms with E-state index in [4.69, 9.17) is 0 Å². The molecule has 2 rings (SSSR count). The molecule has 0 aromatic carbocycles. The first kappa shape index (κ1) is 18.1. The van der Waals surface area contributed by atoms with Crippen LogP contribution in [0.3, 0.4) is 0 Å². The summed E-state index contributed by atoms with van der Waals surface area (Å²) in [5.74, 6) is 0.897. The summed E-state index contributed by atoms with van der Waals surface area (Å²) in [4.78, 5) is 12.2. The molecule has 1 atom stereocenters. The van der Waals surface area contributed by atoms with Crippen LogP contribution in [0.1, 0.15) is 45.4 Å². The van der Waals surface area contributed by atoms with E-state index in [1.54, 1.807) is 6.92 Å². The lowest BCUT2D eigenvalue weighted by atomic mass is 9.99. The van der Waals surface area contributed by atoms with Crippen molar-refractivity contribution in [2.24, 2.45) is 5.92 Å². The largest absolute Gasteiger partial charge is 0.355 e. The van der Waals surface area contributed by atoms with Gasteiger partial charge in [-0.05, 0) is 32.6 Å². The van der Waals surface area contributed by atoms with Crippen molar-refractivity contribution in [1.82, 2.24) is 9.62 Å². The molecule has 1 saturated carbocycles. The van der Waals surface area contributed by atoms with Crippen LogP contribution in [0.2, 0.25) is 0 Å². The molecule has 1 heterocycles. The Labute approximate surface area is 138 Å². The van der Waals surface area contributed by atoms with Gasteiger partial charge in [-0.3, -0.25) is 4.79 Å². The van der Waals surface area contributed by atoms with E-state index in [0.717, 1.165) is 23.8 Å². The van der Waals surface area contributed by atoms with Gasteiger partial charge in [0.05, 0.1) is 11.7 Å². The van der Waals surface area contributed by atoms with Gasteiger partial charge < -0.3 is 5.32 Å². The fraction of sp³-hybridized carbons (Fsp3) is 0.933. The molecular formula is C15H28N2O3S2. The monoisotopic (exact) mass is 348 g/mol. The van der Waals surface area contributed by atoms with Crippen LogP contribution in [0.15, 0.2) is 0 Å². The summed E-state index contributed by atoms with van der Waals surface area (Å²) < 4.78 is 25.3. The number of nitrogens with one attached hydrogen (secondary N) is 1. The van der Waals surface area contributed by atoms with Crippen molar-refractivity contribution in [3.63, 3.8) is 0 Å². The van der Waals surface area contributed by atoms with E-state index in [1.807, 2.05) is 11.8 Å². The highest BCUT2D eigenvalue weighted by molar-refractivity contribution is 7.99. The molecule has 1 unspecified atom stereocenters. The van der Waals surface area contributed by atoms with E-state index in [9.17, 15) is 13.2 Å². The lowest BCUT2D eigenvalue weighted by Crippen LogP contribution is -2.46. The zero-order chi connectivity index (χ0) is 16.0. The maximum absolute atomic E-state index is 12.2. The van der Waals surface area contributed by atoms with E-state index >= 15 is 0 Å². The highest BCUT2D eigenvalue weighted by Gasteiger charge is 2.31. The highest BCUT2D eigenvalue weighted by Crippen LogP contribution is 2.29. The number of piperidine rings is 1. The average molecular weight is 349 g/mol. The standard InChI is InChI=1S/C15H28N2O3S2/c1-2-22(19,20)17-10-5-6-13(12-17)15(18)16-9-11-21-14-7-3-4-8-14/h13-14H,2-12H2,1H3,(H,16,18). The molecule has 1 aliphatic carbocycles. The summed E-state index contributed by atoms with van der Waals surface area (Å²) in [6.07, 6.45) is 6.86. The predicted octanol–water partition coefficient (Wildman–Crippen LogP) is 1.84. The predicted molar refractivity (Wildman–Crippen MR) is 91.5 cm³/mol. The van der Waals surface area contributed by atoms with Gasteiger partial charge in [-0.1, -0.05) is 12.8 Å². The van der Waals surface area contributed by atoms with Crippen LogP contribution in [0, 0.1) is 5.92 Å². The fourth-order valence-electron chi connectivity index (χ4n) is 3.19. The second-order valence-electron chi connectivity index (χ2n) is 6.17. The van der Waals surface area contributed by atoms with Gasteiger partial charge in [0.1, 0.15) is 0 Å². The lowest BCUT2D eigenvalue weighted by Gasteiger charge is -2.30. The first-order valence-electron chi connectivity index (χ1n) is 8.40. The quantitative estimate of drug-likeness (QED) is 0.713. The summed E-state index contributed by atoms with van der Waals surface area (Å²) in [6.45, 7) is 3.24. The molecule has 1 N–H and O–H groups in total. The molecule has 7 heteroatoms. The minimum Gasteiger partial charge on any atom is -0.355 e. The third-order valence-electron chi connectivity index (χ3n) is 4.57. The average Bonchev–Trinajstić information content (AvgIpc) is 3.05. The molecule has 1 aliphatic heterocycles. The molecule has 2 fully saturated rings. The Morgan fingerprint density at radius 2 is 1.95 bits per heavy atom. The molecule has 0 spiro atoms. The number of nitrogens with zero attached hydrogens (tertiary/aromatic N) is 1. The molecule has 2 aliphatic rings. The number of rotatable bonds is 7. The van der Waals surface area contributed by atoms with Crippen LogP contribution >= 0.6 is 11.8 Å². The second-order valence-corrected chi connectivity index (χ2v) is 9.83. The van der Waals surface area contributed by atoms with Gasteiger partial charge in [0.15, 0.2) is 0 Å². The van der Waals surface area contributed by atoms with E-state index in [0.29, 0.717) is 19.6 Å². The van der Waals surface area contributed by atoms with Gasteiger partial charge in [0.25, 0.3) is 0 Å². The molecule has 1 amide bonds. The van der Waals surface area contributed by atoms with E-state index in [2.05, 4.69) is 5.32 Å². The number of sulfonamides is 1. The van der Waals surface area contributed by atoms with Gasteiger partial charge >= 0.3 is 0 Å². The van der Waals surface area contributed by atoms with E-state index in [-0.39, 0.29) is 17.6 Å². The summed E-state index contributed by atoms with van der Waals surface area (Å²) in [5.41, 5.74) is 0. The van der Waals surface area contributed by atoms with Gasteiger partial charge in [0, 0.05) is 30.6 Å². The molecule has 22 heavy (non-hydrogen) atoms. The smallest absolute Gasteiger partial charge is 0.224 e. The SMILES string of the molecule is CCS(=O)(=O)N1CCCC(C(=O)NCCSC2CCCC2)C1. The van der Waals surface area contributed by atoms with Gasteiger partial charge in [-0.25, -0.2) is 12.7 Å². The van der Waals surface area contributed by atoms with Crippen molar-refractivity contribution in [1.29, 1.82) is 0 Å². The number of hydrogen-bond acceptors (Lipinski definition) is 4. The third kappa shape index (κ3) is 5.13. The Hall–Kier alpha value is -0.270. The topological polar surface area (TPSA) is 66.5 Å². The lowest BCUT2D eigenvalue weighted by molar-refractivity contribution is -0.125. The van der Waals surface area contributed by atoms with Gasteiger partial charge in [-0.2, -0.15) is 11.8 Å². The summed E-state index contributed by atoms with van der Waals surface area (Å²) >= 11 is 1.96.